The van der Waals surface area contributed by atoms with Crippen LogP contribution in [0.2, 0.25) is 0 Å². The summed E-state index contributed by atoms with van der Waals surface area (Å²) in [7, 11) is 0. The zero-order chi connectivity index (χ0) is 12.1. The van der Waals surface area contributed by atoms with Crippen molar-refractivity contribution in [1.29, 1.82) is 5.26 Å². The first-order valence-electron chi connectivity index (χ1n) is 4.52. The monoisotopic (exact) mass is 219 g/mol. The van der Waals surface area contributed by atoms with E-state index in [1.54, 1.807) is 0 Å². The molecule has 1 aromatic rings. The first kappa shape index (κ1) is 11.7. The van der Waals surface area contributed by atoms with Gasteiger partial charge in [0.05, 0.1) is 17.2 Å². The van der Waals surface area contributed by atoms with Crippen molar-refractivity contribution in [2.24, 2.45) is 0 Å². The van der Waals surface area contributed by atoms with Crippen molar-refractivity contribution in [2.75, 3.05) is 0 Å². The van der Waals surface area contributed by atoms with Crippen LogP contribution >= 0.6 is 0 Å². The number of hydrogen-bond acceptors (Lipinski definition) is 3. The molecule has 5 heteroatoms. The van der Waals surface area contributed by atoms with Crippen LogP contribution in [0.1, 0.15) is 27.9 Å². The van der Waals surface area contributed by atoms with Crippen LogP contribution in [-0.2, 0) is 11.2 Å². The SMILES string of the molecule is N#Cc1ccc(CCC(=O)O)c(C(=O)O)c1. The summed E-state index contributed by atoms with van der Waals surface area (Å²) >= 11 is 0. The number of rotatable bonds is 4. The number of nitriles is 1. The van der Waals surface area contributed by atoms with Gasteiger partial charge in [0.2, 0.25) is 0 Å². The zero-order valence-corrected chi connectivity index (χ0v) is 8.30. The van der Waals surface area contributed by atoms with Gasteiger partial charge >= 0.3 is 11.9 Å². The van der Waals surface area contributed by atoms with E-state index >= 15 is 0 Å². The van der Waals surface area contributed by atoms with E-state index in [-0.39, 0.29) is 24.0 Å². The minimum absolute atomic E-state index is 0.0136. The van der Waals surface area contributed by atoms with Crippen LogP contribution in [0.5, 0.6) is 0 Å². The van der Waals surface area contributed by atoms with Crippen molar-refractivity contribution >= 4 is 11.9 Å². The van der Waals surface area contributed by atoms with Gasteiger partial charge in [-0.3, -0.25) is 4.79 Å². The molecular weight excluding hydrogens is 210 g/mol. The summed E-state index contributed by atoms with van der Waals surface area (Å²) in [5, 5.41) is 26.0. The minimum atomic E-state index is -1.16. The quantitative estimate of drug-likeness (QED) is 0.794. The lowest BCUT2D eigenvalue weighted by molar-refractivity contribution is -0.136. The number of nitrogens with zero attached hydrogens (tertiary/aromatic N) is 1. The zero-order valence-electron chi connectivity index (χ0n) is 8.30. The van der Waals surface area contributed by atoms with E-state index in [0.29, 0.717) is 5.56 Å². The molecule has 0 unspecified atom stereocenters. The molecule has 0 atom stereocenters. The van der Waals surface area contributed by atoms with E-state index in [9.17, 15) is 9.59 Å². The number of aromatic carboxylic acids is 1. The van der Waals surface area contributed by atoms with Crippen molar-refractivity contribution in [3.8, 4) is 6.07 Å². The van der Waals surface area contributed by atoms with Crippen LogP contribution in [0.25, 0.3) is 0 Å². The lowest BCUT2D eigenvalue weighted by Crippen LogP contribution is -2.05. The highest BCUT2D eigenvalue weighted by Crippen LogP contribution is 2.14. The Morgan fingerprint density at radius 3 is 2.50 bits per heavy atom. The fourth-order valence-corrected chi connectivity index (χ4v) is 1.30. The predicted octanol–water partition coefficient (Wildman–Crippen LogP) is 1.27. The molecule has 1 rings (SSSR count). The van der Waals surface area contributed by atoms with E-state index in [4.69, 9.17) is 15.5 Å². The topological polar surface area (TPSA) is 98.4 Å². The van der Waals surface area contributed by atoms with Crippen LogP contribution in [0.4, 0.5) is 0 Å². The summed E-state index contributed by atoms with van der Waals surface area (Å²) < 4.78 is 0. The molecule has 0 spiro atoms. The molecule has 2 N–H and O–H groups in total. The normalized spacial score (nSPS) is 9.44. The van der Waals surface area contributed by atoms with E-state index in [1.165, 1.54) is 18.2 Å². The van der Waals surface area contributed by atoms with Crippen LogP contribution in [-0.4, -0.2) is 22.2 Å². The Balaban J connectivity index is 3.04. The third kappa shape index (κ3) is 2.82. The van der Waals surface area contributed by atoms with E-state index < -0.39 is 11.9 Å². The summed E-state index contributed by atoms with van der Waals surface area (Å²) in [4.78, 5) is 21.3. The van der Waals surface area contributed by atoms with Gasteiger partial charge in [0, 0.05) is 6.42 Å². The maximum absolute atomic E-state index is 10.9. The van der Waals surface area contributed by atoms with Gasteiger partial charge < -0.3 is 10.2 Å². The van der Waals surface area contributed by atoms with Gasteiger partial charge in [0.1, 0.15) is 0 Å². The maximum Gasteiger partial charge on any atom is 0.336 e. The third-order valence-electron chi connectivity index (χ3n) is 2.08. The highest BCUT2D eigenvalue weighted by atomic mass is 16.4. The number of benzene rings is 1. The molecule has 0 fully saturated rings. The van der Waals surface area contributed by atoms with Gasteiger partial charge in [-0.05, 0) is 24.1 Å². The Kier molecular flexibility index (Phi) is 3.62. The van der Waals surface area contributed by atoms with Gasteiger partial charge in [0.15, 0.2) is 0 Å². The van der Waals surface area contributed by atoms with Crippen LogP contribution in [0.15, 0.2) is 18.2 Å². The van der Waals surface area contributed by atoms with E-state index in [1.807, 2.05) is 6.07 Å². The second-order valence-electron chi connectivity index (χ2n) is 3.18. The van der Waals surface area contributed by atoms with E-state index in [0.717, 1.165) is 0 Å². The van der Waals surface area contributed by atoms with Gasteiger partial charge in [-0.1, -0.05) is 6.07 Å². The van der Waals surface area contributed by atoms with Crippen molar-refractivity contribution in [2.45, 2.75) is 12.8 Å². The number of carbonyl (C=O) groups is 2. The molecule has 82 valence electrons. The summed E-state index contributed by atoms with van der Waals surface area (Å²) in [5.74, 6) is -2.14. The third-order valence-corrected chi connectivity index (χ3v) is 2.08. The molecule has 0 saturated heterocycles. The Bertz CT molecular complexity index is 473. The summed E-state index contributed by atoms with van der Waals surface area (Å²) in [6.45, 7) is 0. The molecule has 0 bridgehead atoms. The Morgan fingerprint density at radius 2 is 2.00 bits per heavy atom. The molecule has 0 saturated carbocycles. The van der Waals surface area contributed by atoms with Crippen molar-refractivity contribution in [3.63, 3.8) is 0 Å². The molecular formula is C11H9NO4. The second kappa shape index (κ2) is 4.94. The van der Waals surface area contributed by atoms with Gasteiger partial charge in [-0.2, -0.15) is 5.26 Å². The Labute approximate surface area is 91.6 Å². The Hall–Kier alpha value is -2.35. The van der Waals surface area contributed by atoms with Crippen molar-refractivity contribution in [3.05, 3.63) is 34.9 Å². The lowest BCUT2D eigenvalue weighted by atomic mass is 10.0. The fourth-order valence-electron chi connectivity index (χ4n) is 1.30. The van der Waals surface area contributed by atoms with Crippen molar-refractivity contribution in [1.82, 2.24) is 0 Å². The molecule has 0 aliphatic heterocycles. The maximum atomic E-state index is 10.9. The van der Waals surface area contributed by atoms with E-state index in [2.05, 4.69) is 0 Å². The first-order valence-corrected chi connectivity index (χ1v) is 4.52. The number of hydrogen-bond donors (Lipinski definition) is 2. The highest BCUT2D eigenvalue weighted by molar-refractivity contribution is 5.90. The highest BCUT2D eigenvalue weighted by Gasteiger charge is 2.11. The average Bonchev–Trinajstić information content (AvgIpc) is 2.25. The molecule has 0 aromatic heterocycles. The molecule has 0 radical (unpaired) electrons. The smallest absolute Gasteiger partial charge is 0.336 e. The summed E-state index contributed by atoms with van der Waals surface area (Å²) in [6.07, 6.45) is 0.00879. The number of carboxylic acids is 2. The minimum Gasteiger partial charge on any atom is -0.481 e. The molecule has 16 heavy (non-hydrogen) atoms. The lowest BCUT2D eigenvalue weighted by Gasteiger charge is -2.04. The molecule has 5 nitrogen and oxygen atoms in total. The fraction of sp³-hybridized carbons (Fsp3) is 0.182. The van der Waals surface area contributed by atoms with Crippen LogP contribution in [0.3, 0.4) is 0 Å². The standard InChI is InChI=1S/C11H9NO4/c12-6-7-1-2-8(3-4-10(13)14)9(5-7)11(15)16/h1-2,5H,3-4H2,(H,13,14)(H,15,16). The summed E-state index contributed by atoms with van der Waals surface area (Å²) in [5.41, 5.74) is 0.658. The predicted molar refractivity (Wildman–Crippen MR) is 54.1 cm³/mol. The molecule has 0 aliphatic carbocycles. The summed E-state index contributed by atoms with van der Waals surface area (Å²) in [6, 6.07) is 6.04. The largest absolute Gasteiger partial charge is 0.481 e. The number of aryl methyl sites for hydroxylation is 1. The van der Waals surface area contributed by atoms with Gasteiger partial charge in [0.25, 0.3) is 0 Å². The molecule has 0 aliphatic rings. The molecule has 1 aromatic carbocycles. The van der Waals surface area contributed by atoms with Gasteiger partial charge in [-0.15, -0.1) is 0 Å². The van der Waals surface area contributed by atoms with Crippen molar-refractivity contribution < 1.29 is 19.8 Å². The number of carboxylic acid groups (broad SMARTS) is 2. The van der Waals surface area contributed by atoms with Crippen LogP contribution < -0.4 is 0 Å². The average molecular weight is 219 g/mol. The van der Waals surface area contributed by atoms with Crippen LogP contribution in [0, 0.1) is 11.3 Å². The van der Waals surface area contributed by atoms with Gasteiger partial charge in [-0.25, -0.2) is 4.79 Å². The molecule has 0 amide bonds. The molecule has 0 heterocycles. The number of aliphatic carboxylic acids is 1. The Morgan fingerprint density at radius 1 is 1.31 bits per heavy atom. The second-order valence-corrected chi connectivity index (χ2v) is 3.18. The first-order chi connectivity index (χ1) is 7.54.